The van der Waals surface area contributed by atoms with Crippen LogP contribution in [0.2, 0.25) is 0 Å². The Hall–Kier alpha value is -1.48. The fourth-order valence-electron chi connectivity index (χ4n) is 1.37. The Bertz CT molecular complexity index is 410. The number of carbonyl (C=O) groups is 1. The fraction of sp³-hybridized carbons (Fsp3) is 0.357. The smallest absolute Gasteiger partial charge is 0.333 e. The molecule has 4 heteroatoms. The van der Waals surface area contributed by atoms with Gasteiger partial charge in [0.1, 0.15) is 5.75 Å². The van der Waals surface area contributed by atoms with Crippen molar-refractivity contribution in [2.45, 2.75) is 13.3 Å². The van der Waals surface area contributed by atoms with Gasteiger partial charge in [-0.2, -0.15) is 0 Å². The van der Waals surface area contributed by atoms with Crippen LogP contribution in [0.1, 0.15) is 18.9 Å². The van der Waals surface area contributed by atoms with Crippen LogP contribution in [0.25, 0.3) is 6.08 Å². The van der Waals surface area contributed by atoms with Gasteiger partial charge in [0.25, 0.3) is 0 Å². The van der Waals surface area contributed by atoms with Crippen molar-refractivity contribution in [2.24, 2.45) is 0 Å². The zero-order valence-electron chi connectivity index (χ0n) is 10.6. The van der Waals surface area contributed by atoms with Gasteiger partial charge in [0, 0.05) is 11.5 Å². The largest absolute Gasteiger partial charge is 0.494 e. The summed E-state index contributed by atoms with van der Waals surface area (Å²) in [5.74, 6) is 1.07. The van der Waals surface area contributed by atoms with Gasteiger partial charge in [-0.05, 0) is 37.1 Å². The van der Waals surface area contributed by atoms with Crippen LogP contribution < -0.4 is 4.74 Å². The van der Waals surface area contributed by atoms with Crippen molar-refractivity contribution in [1.29, 1.82) is 0 Å². The number of ether oxygens (including phenoxy) is 2. The minimum atomic E-state index is -0.322. The summed E-state index contributed by atoms with van der Waals surface area (Å²) in [6.07, 6.45) is 2.60. The average Bonchev–Trinajstić information content (AvgIpc) is 2.40. The van der Waals surface area contributed by atoms with E-state index in [0.717, 1.165) is 17.7 Å². The quantitative estimate of drug-likeness (QED) is 0.344. The molecule has 0 radical (unpaired) electrons. The Balaban J connectivity index is 2.62. The molecular formula is C14H17ClO3. The van der Waals surface area contributed by atoms with Gasteiger partial charge in [0.05, 0.1) is 13.7 Å². The number of hydrogen-bond acceptors (Lipinski definition) is 3. The monoisotopic (exact) mass is 268 g/mol. The number of hydrogen-bond donors (Lipinski definition) is 0. The van der Waals surface area contributed by atoms with Crippen LogP contribution in [-0.4, -0.2) is 25.6 Å². The van der Waals surface area contributed by atoms with Crippen LogP contribution in [0.15, 0.2) is 29.8 Å². The van der Waals surface area contributed by atoms with E-state index in [4.69, 9.17) is 16.3 Å². The molecule has 0 aliphatic carbocycles. The van der Waals surface area contributed by atoms with Gasteiger partial charge in [0.2, 0.25) is 0 Å². The standard InChI is InChI=1S/C14H17ClO3/c1-11(14(16)17-2)10-12-4-6-13(7-5-12)18-9-3-8-15/h4-7,10H,3,8-9H2,1-2H3. The molecule has 0 heterocycles. The average molecular weight is 269 g/mol. The van der Waals surface area contributed by atoms with Gasteiger partial charge >= 0.3 is 5.97 Å². The van der Waals surface area contributed by atoms with E-state index in [1.165, 1.54) is 7.11 Å². The molecule has 98 valence electrons. The molecule has 0 fully saturated rings. The highest BCUT2D eigenvalue weighted by Gasteiger charge is 2.02. The maximum Gasteiger partial charge on any atom is 0.333 e. The Morgan fingerprint density at radius 1 is 1.33 bits per heavy atom. The van der Waals surface area contributed by atoms with Gasteiger partial charge in [0.15, 0.2) is 0 Å². The van der Waals surface area contributed by atoms with E-state index in [0.29, 0.717) is 18.1 Å². The van der Waals surface area contributed by atoms with Gasteiger partial charge in [-0.3, -0.25) is 0 Å². The second-order valence-electron chi connectivity index (χ2n) is 3.78. The summed E-state index contributed by atoms with van der Waals surface area (Å²) in [5.41, 5.74) is 1.50. The topological polar surface area (TPSA) is 35.5 Å². The van der Waals surface area contributed by atoms with E-state index in [1.54, 1.807) is 13.0 Å². The van der Waals surface area contributed by atoms with Gasteiger partial charge < -0.3 is 9.47 Å². The van der Waals surface area contributed by atoms with Gasteiger partial charge in [-0.25, -0.2) is 4.79 Å². The molecule has 18 heavy (non-hydrogen) atoms. The summed E-state index contributed by atoms with van der Waals surface area (Å²) in [6.45, 7) is 2.33. The highest BCUT2D eigenvalue weighted by atomic mass is 35.5. The van der Waals surface area contributed by atoms with Gasteiger partial charge in [-0.15, -0.1) is 11.6 Å². The predicted molar refractivity (Wildman–Crippen MR) is 72.9 cm³/mol. The lowest BCUT2D eigenvalue weighted by atomic mass is 10.1. The Labute approximate surface area is 112 Å². The highest BCUT2D eigenvalue weighted by molar-refractivity contribution is 6.17. The molecule has 3 nitrogen and oxygen atoms in total. The molecule has 0 saturated carbocycles. The molecule has 1 aromatic carbocycles. The van der Waals surface area contributed by atoms with E-state index in [2.05, 4.69) is 4.74 Å². The minimum absolute atomic E-state index is 0.322. The normalized spacial score (nSPS) is 11.2. The molecule has 0 unspecified atom stereocenters. The van der Waals surface area contributed by atoms with Crippen LogP contribution in [0.4, 0.5) is 0 Å². The first-order valence-corrected chi connectivity index (χ1v) is 6.26. The number of esters is 1. The molecule has 0 bridgehead atoms. The summed E-state index contributed by atoms with van der Waals surface area (Å²) < 4.78 is 10.1. The van der Waals surface area contributed by atoms with Gasteiger partial charge in [-0.1, -0.05) is 12.1 Å². The Morgan fingerprint density at radius 3 is 2.56 bits per heavy atom. The molecule has 1 aromatic rings. The number of alkyl halides is 1. The molecule has 0 aliphatic heterocycles. The lowest BCUT2D eigenvalue weighted by molar-refractivity contribution is -0.135. The summed E-state index contributed by atoms with van der Waals surface area (Å²) in [5, 5.41) is 0. The third-order valence-electron chi connectivity index (χ3n) is 2.32. The summed E-state index contributed by atoms with van der Waals surface area (Å²) in [6, 6.07) is 7.51. The number of halogens is 1. The molecule has 0 aliphatic rings. The molecule has 1 rings (SSSR count). The molecule has 0 spiro atoms. The predicted octanol–water partition coefficient (Wildman–Crippen LogP) is 3.27. The SMILES string of the molecule is COC(=O)C(C)=Cc1ccc(OCCCCl)cc1. The molecule has 0 N–H and O–H groups in total. The molecule has 0 atom stereocenters. The van der Waals surface area contributed by atoms with Crippen molar-refractivity contribution in [1.82, 2.24) is 0 Å². The zero-order chi connectivity index (χ0) is 13.4. The number of carbonyl (C=O) groups excluding carboxylic acids is 1. The lowest BCUT2D eigenvalue weighted by Gasteiger charge is -2.05. The molecule has 0 saturated heterocycles. The van der Waals surface area contributed by atoms with Crippen LogP contribution in [0, 0.1) is 0 Å². The second-order valence-corrected chi connectivity index (χ2v) is 4.16. The minimum Gasteiger partial charge on any atom is -0.494 e. The van der Waals surface area contributed by atoms with E-state index in [-0.39, 0.29) is 5.97 Å². The molecule has 0 aromatic heterocycles. The van der Waals surface area contributed by atoms with E-state index in [9.17, 15) is 4.79 Å². The van der Waals surface area contributed by atoms with E-state index in [1.807, 2.05) is 24.3 Å². The first-order valence-electron chi connectivity index (χ1n) is 5.73. The Kier molecular flexibility index (Phi) is 6.29. The van der Waals surface area contributed by atoms with Crippen molar-refractivity contribution >= 4 is 23.6 Å². The van der Waals surface area contributed by atoms with E-state index >= 15 is 0 Å². The van der Waals surface area contributed by atoms with E-state index < -0.39 is 0 Å². The maximum atomic E-state index is 11.2. The van der Waals surface area contributed by atoms with Crippen molar-refractivity contribution in [2.75, 3.05) is 19.6 Å². The summed E-state index contributed by atoms with van der Waals surface area (Å²) in [7, 11) is 1.37. The number of rotatable bonds is 6. The zero-order valence-corrected chi connectivity index (χ0v) is 11.4. The maximum absolute atomic E-state index is 11.2. The lowest BCUT2D eigenvalue weighted by Crippen LogP contribution is -2.01. The second kappa shape index (κ2) is 7.77. The third-order valence-corrected chi connectivity index (χ3v) is 2.58. The number of methoxy groups -OCH3 is 1. The fourth-order valence-corrected chi connectivity index (χ4v) is 1.48. The first kappa shape index (κ1) is 14.6. The Morgan fingerprint density at radius 2 is 2.00 bits per heavy atom. The summed E-state index contributed by atoms with van der Waals surface area (Å²) in [4.78, 5) is 11.2. The molecule has 0 amide bonds. The molecular weight excluding hydrogens is 252 g/mol. The third kappa shape index (κ3) is 4.80. The van der Waals surface area contributed by atoms with Crippen LogP contribution >= 0.6 is 11.6 Å². The van der Waals surface area contributed by atoms with Crippen molar-refractivity contribution in [3.8, 4) is 5.75 Å². The number of benzene rings is 1. The van der Waals surface area contributed by atoms with Crippen LogP contribution in [0.5, 0.6) is 5.75 Å². The van der Waals surface area contributed by atoms with Crippen molar-refractivity contribution in [3.05, 3.63) is 35.4 Å². The van der Waals surface area contributed by atoms with Crippen LogP contribution in [-0.2, 0) is 9.53 Å². The first-order chi connectivity index (χ1) is 8.67. The highest BCUT2D eigenvalue weighted by Crippen LogP contribution is 2.15. The van der Waals surface area contributed by atoms with Crippen LogP contribution in [0.3, 0.4) is 0 Å². The van der Waals surface area contributed by atoms with Crippen molar-refractivity contribution in [3.63, 3.8) is 0 Å². The summed E-state index contributed by atoms with van der Waals surface area (Å²) >= 11 is 5.56. The van der Waals surface area contributed by atoms with Crippen molar-refractivity contribution < 1.29 is 14.3 Å².